The summed E-state index contributed by atoms with van der Waals surface area (Å²) in [6, 6.07) is 11.0. The lowest BCUT2D eigenvalue weighted by atomic mass is 10.1. The number of benzene rings is 2. The highest BCUT2D eigenvalue weighted by Gasteiger charge is 2.30. The van der Waals surface area contributed by atoms with Crippen LogP contribution in [-0.2, 0) is 26.2 Å². The van der Waals surface area contributed by atoms with E-state index in [0.717, 1.165) is 29.0 Å². The van der Waals surface area contributed by atoms with Crippen LogP contribution in [0, 0.1) is 6.92 Å². The van der Waals surface area contributed by atoms with Crippen molar-refractivity contribution in [2.24, 2.45) is 0 Å². The molecule has 0 saturated heterocycles. The minimum Gasteiger partial charge on any atom is -0.354 e. The first-order chi connectivity index (χ1) is 15.9. The van der Waals surface area contributed by atoms with Crippen LogP contribution in [0.5, 0.6) is 0 Å². The van der Waals surface area contributed by atoms with Crippen molar-refractivity contribution in [1.29, 1.82) is 0 Å². The number of hydrogen-bond acceptors (Lipinski definition) is 4. The Morgan fingerprint density at radius 1 is 1.09 bits per heavy atom. The van der Waals surface area contributed by atoms with E-state index in [9.17, 15) is 18.0 Å². The molecule has 1 unspecified atom stereocenters. The van der Waals surface area contributed by atoms with Crippen molar-refractivity contribution >= 4 is 50.7 Å². The van der Waals surface area contributed by atoms with Crippen LogP contribution in [0.15, 0.2) is 42.5 Å². The maximum Gasteiger partial charge on any atom is 0.244 e. The van der Waals surface area contributed by atoms with Gasteiger partial charge in [-0.25, -0.2) is 8.42 Å². The molecule has 2 amide bonds. The largest absolute Gasteiger partial charge is 0.354 e. The summed E-state index contributed by atoms with van der Waals surface area (Å²) in [5, 5.41) is 3.69. The number of unbranched alkanes of at least 4 members (excludes halogenated alkanes) is 1. The quantitative estimate of drug-likeness (QED) is 0.438. The van der Waals surface area contributed by atoms with Crippen LogP contribution in [-0.4, -0.2) is 50.5 Å². The maximum absolute atomic E-state index is 13.5. The van der Waals surface area contributed by atoms with E-state index in [1.165, 1.54) is 11.0 Å². The Labute approximate surface area is 212 Å². The van der Waals surface area contributed by atoms with Crippen molar-refractivity contribution in [2.45, 2.75) is 46.2 Å². The van der Waals surface area contributed by atoms with Gasteiger partial charge in [-0.05, 0) is 55.7 Å². The van der Waals surface area contributed by atoms with Gasteiger partial charge >= 0.3 is 0 Å². The summed E-state index contributed by atoms with van der Waals surface area (Å²) in [6.07, 6.45) is 2.77. The van der Waals surface area contributed by atoms with E-state index < -0.39 is 28.5 Å². The van der Waals surface area contributed by atoms with Crippen LogP contribution < -0.4 is 9.62 Å². The van der Waals surface area contributed by atoms with E-state index >= 15 is 0 Å². The van der Waals surface area contributed by atoms with Gasteiger partial charge in [-0.15, -0.1) is 0 Å². The molecular formula is C24H31Cl2N3O4S. The molecule has 2 aromatic rings. The van der Waals surface area contributed by atoms with Crippen LogP contribution >= 0.6 is 23.2 Å². The van der Waals surface area contributed by atoms with Crippen LogP contribution in [0.2, 0.25) is 10.0 Å². The number of anilines is 1. The number of halogens is 2. The van der Waals surface area contributed by atoms with E-state index in [1.54, 1.807) is 50.2 Å². The molecular weight excluding hydrogens is 497 g/mol. The molecule has 1 N–H and O–H groups in total. The summed E-state index contributed by atoms with van der Waals surface area (Å²) in [6.45, 7) is 5.49. The third-order valence-corrected chi connectivity index (χ3v) is 6.95. The van der Waals surface area contributed by atoms with Crippen molar-refractivity contribution in [3.8, 4) is 0 Å². The second kappa shape index (κ2) is 12.4. The predicted molar refractivity (Wildman–Crippen MR) is 138 cm³/mol. The van der Waals surface area contributed by atoms with E-state index in [4.69, 9.17) is 23.2 Å². The average molecular weight is 529 g/mol. The Balaban J connectivity index is 2.39. The number of carbonyl (C=O) groups is 2. The van der Waals surface area contributed by atoms with Gasteiger partial charge in [0, 0.05) is 23.1 Å². The smallest absolute Gasteiger partial charge is 0.244 e. The van der Waals surface area contributed by atoms with E-state index in [-0.39, 0.29) is 12.5 Å². The molecule has 2 rings (SSSR count). The third-order valence-electron chi connectivity index (χ3n) is 5.36. The zero-order valence-corrected chi connectivity index (χ0v) is 22.2. The summed E-state index contributed by atoms with van der Waals surface area (Å²) < 4.78 is 26.3. The highest BCUT2D eigenvalue weighted by Crippen LogP contribution is 2.27. The molecule has 0 aliphatic rings. The molecule has 0 heterocycles. The van der Waals surface area contributed by atoms with Crippen LogP contribution in [0.4, 0.5) is 5.69 Å². The average Bonchev–Trinajstić information content (AvgIpc) is 2.76. The first-order valence-corrected chi connectivity index (χ1v) is 13.6. The molecule has 0 aliphatic carbocycles. The molecule has 0 radical (unpaired) electrons. The van der Waals surface area contributed by atoms with E-state index in [0.29, 0.717) is 27.8 Å². The fourth-order valence-corrected chi connectivity index (χ4v) is 4.67. The SMILES string of the molecule is CCCCNC(=O)C(C)N(Cc1cccc(Cl)c1)C(=O)CN(c1cc(Cl)ccc1C)S(C)(=O)=O. The molecule has 0 aliphatic heterocycles. The van der Waals surface area contributed by atoms with Crippen molar-refractivity contribution < 1.29 is 18.0 Å². The van der Waals surface area contributed by atoms with Gasteiger partial charge in [0.1, 0.15) is 12.6 Å². The number of carbonyl (C=O) groups excluding carboxylic acids is 2. The topological polar surface area (TPSA) is 86.8 Å². The predicted octanol–water partition coefficient (Wildman–Crippen LogP) is 4.40. The highest BCUT2D eigenvalue weighted by molar-refractivity contribution is 7.92. The van der Waals surface area contributed by atoms with Gasteiger partial charge in [-0.2, -0.15) is 0 Å². The number of rotatable bonds is 11. The van der Waals surface area contributed by atoms with Crippen molar-refractivity contribution in [3.63, 3.8) is 0 Å². The van der Waals surface area contributed by atoms with Gasteiger partial charge < -0.3 is 10.2 Å². The van der Waals surface area contributed by atoms with Crippen LogP contribution in [0.25, 0.3) is 0 Å². The number of nitrogens with zero attached hydrogens (tertiary/aromatic N) is 2. The zero-order valence-electron chi connectivity index (χ0n) is 19.8. The standard InChI is InChI=1S/C24H31Cl2N3O4S/c1-5-6-12-27-24(31)18(3)28(15-19-8-7-9-20(25)13-19)23(30)16-29(34(4,32)33)22-14-21(26)11-10-17(22)2/h7-11,13-14,18H,5-6,12,15-16H2,1-4H3,(H,27,31). The molecule has 34 heavy (non-hydrogen) atoms. The van der Waals surface area contributed by atoms with Gasteiger partial charge in [0.25, 0.3) is 0 Å². The van der Waals surface area contributed by atoms with Crippen LogP contribution in [0.1, 0.15) is 37.8 Å². The third kappa shape index (κ3) is 7.89. The van der Waals surface area contributed by atoms with E-state index in [1.807, 2.05) is 6.92 Å². The monoisotopic (exact) mass is 527 g/mol. The first-order valence-electron chi connectivity index (χ1n) is 11.0. The second-order valence-electron chi connectivity index (χ2n) is 8.17. The minimum atomic E-state index is -3.82. The van der Waals surface area contributed by atoms with Crippen molar-refractivity contribution in [2.75, 3.05) is 23.7 Å². The molecule has 0 aromatic heterocycles. The number of nitrogens with one attached hydrogen (secondary N) is 1. The summed E-state index contributed by atoms with van der Waals surface area (Å²) in [7, 11) is -3.82. The number of aryl methyl sites for hydroxylation is 1. The van der Waals surface area contributed by atoms with Crippen LogP contribution in [0.3, 0.4) is 0 Å². The molecule has 1 atom stereocenters. The highest BCUT2D eigenvalue weighted by atomic mass is 35.5. The lowest BCUT2D eigenvalue weighted by molar-refractivity contribution is -0.139. The normalized spacial score (nSPS) is 12.2. The fraction of sp³-hybridized carbons (Fsp3) is 0.417. The molecule has 0 bridgehead atoms. The van der Waals surface area contributed by atoms with Crippen molar-refractivity contribution in [3.05, 3.63) is 63.6 Å². The van der Waals surface area contributed by atoms with Gasteiger partial charge in [-0.3, -0.25) is 13.9 Å². The van der Waals surface area contributed by atoms with E-state index in [2.05, 4.69) is 5.32 Å². The maximum atomic E-state index is 13.5. The lowest BCUT2D eigenvalue weighted by Gasteiger charge is -2.32. The Kier molecular flexibility index (Phi) is 10.2. The zero-order chi connectivity index (χ0) is 25.5. The number of amides is 2. The van der Waals surface area contributed by atoms with Gasteiger partial charge in [0.15, 0.2) is 0 Å². The molecule has 7 nitrogen and oxygen atoms in total. The van der Waals surface area contributed by atoms with Gasteiger partial charge in [0.2, 0.25) is 21.8 Å². The summed E-state index contributed by atoms with van der Waals surface area (Å²) >= 11 is 12.2. The summed E-state index contributed by atoms with van der Waals surface area (Å²) in [5.74, 6) is -0.836. The number of hydrogen-bond donors (Lipinski definition) is 1. The molecule has 0 fully saturated rings. The second-order valence-corrected chi connectivity index (χ2v) is 11.0. The Morgan fingerprint density at radius 2 is 1.76 bits per heavy atom. The fourth-order valence-electron chi connectivity index (χ4n) is 3.40. The molecule has 0 saturated carbocycles. The van der Waals surface area contributed by atoms with Gasteiger partial charge in [0.05, 0.1) is 11.9 Å². The Bertz CT molecular complexity index is 1120. The minimum absolute atomic E-state index is 0.0912. The Hall–Kier alpha value is -2.29. The van der Waals surface area contributed by atoms with Gasteiger partial charge in [-0.1, -0.05) is 54.7 Å². The molecule has 186 valence electrons. The summed E-state index contributed by atoms with van der Waals surface area (Å²) in [4.78, 5) is 27.7. The molecule has 2 aromatic carbocycles. The van der Waals surface area contributed by atoms with Crippen molar-refractivity contribution in [1.82, 2.24) is 10.2 Å². The Morgan fingerprint density at radius 3 is 2.38 bits per heavy atom. The summed E-state index contributed by atoms with van der Waals surface area (Å²) in [5.41, 5.74) is 1.68. The first kappa shape index (κ1) is 28.0. The number of sulfonamides is 1. The lowest BCUT2D eigenvalue weighted by Crippen LogP contribution is -2.51. The molecule has 0 spiro atoms. The molecule has 10 heteroatoms.